The van der Waals surface area contributed by atoms with Crippen LogP contribution in [0.15, 0.2) is 72.8 Å². The molecule has 0 spiro atoms. The van der Waals surface area contributed by atoms with Gasteiger partial charge in [-0.2, -0.15) is 0 Å². The van der Waals surface area contributed by atoms with E-state index in [2.05, 4.69) is 35.5 Å². The predicted octanol–water partition coefficient (Wildman–Crippen LogP) is 6.53. The number of hydrogen-bond donors (Lipinski definition) is 2. The van der Waals surface area contributed by atoms with Gasteiger partial charge in [-0.3, -0.25) is 4.79 Å². The monoisotopic (exact) mass is 457 g/mol. The van der Waals surface area contributed by atoms with Crippen molar-refractivity contribution >= 4 is 28.1 Å². The molecule has 1 amide bonds. The number of ether oxygens (including phenoxy) is 1. The summed E-state index contributed by atoms with van der Waals surface area (Å²) in [6.07, 6.45) is 0. The van der Waals surface area contributed by atoms with Crippen molar-refractivity contribution in [3.8, 4) is 5.75 Å². The molecule has 2 heterocycles. The fraction of sp³-hybridized carbons (Fsp3) is 0.185. The third kappa shape index (κ3) is 5.07. The average molecular weight is 458 g/mol. The van der Waals surface area contributed by atoms with Gasteiger partial charge in [-0.1, -0.05) is 36.4 Å². The summed E-state index contributed by atoms with van der Waals surface area (Å²) < 4.78 is 5.49. The second-order valence-electron chi connectivity index (χ2n) is 7.86. The van der Waals surface area contributed by atoms with E-state index >= 15 is 0 Å². The molecule has 0 aliphatic rings. The van der Waals surface area contributed by atoms with Gasteiger partial charge in [-0.15, -0.1) is 11.3 Å². The maximum atomic E-state index is 13.0. The lowest BCUT2D eigenvalue weighted by Crippen LogP contribution is -2.18. The summed E-state index contributed by atoms with van der Waals surface area (Å²) in [5.41, 5.74) is 4.74. The SMILES string of the molecule is COc1cccc([C@@H](Nc2cccc(C)n2)c2c(NC(=O)c3ccccc3)sc(C)c2C)c1. The van der Waals surface area contributed by atoms with Gasteiger partial charge in [-0.05, 0) is 68.3 Å². The Morgan fingerprint density at radius 3 is 2.45 bits per heavy atom. The lowest BCUT2D eigenvalue weighted by Gasteiger charge is -2.23. The first-order valence-electron chi connectivity index (χ1n) is 10.8. The molecule has 2 aromatic carbocycles. The van der Waals surface area contributed by atoms with Crippen LogP contribution >= 0.6 is 11.3 Å². The van der Waals surface area contributed by atoms with Crippen LogP contribution < -0.4 is 15.4 Å². The van der Waals surface area contributed by atoms with E-state index in [4.69, 9.17) is 4.74 Å². The molecule has 168 valence electrons. The number of methoxy groups -OCH3 is 1. The Kier molecular flexibility index (Phi) is 6.75. The van der Waals surface area contributed by atoms with Gasteiger partial charge in [0.25, 0.3) is 5.91 Å². The van der Waals surface area contributed by atoms with Gasteiger partial charge in [0.15, 0.2) is 0 Å². The van der Waals surface area contributed by atoms with Crippen LogP contribution in [-0.4, -0.2) is 18.0 Å². The minimum atomic E-state index is -0.231. The molecule has 0 bridgehead atoms. The molecule has 1 atom stereocenters. The van der Waals surface area contributed by atoms with Crippen molar-refractivity contribution in [1.82, 2.24) is 4.98 Å². The Labute approximate surface area is 198 Å². The molecule has 0 aliphatic heterocycles. The highest BCUT2D eigenvalue weighted by Crippen LogP contribution is 2.41. The average Bonchev–Trinajstić information content (AvgIpc) is 3.10. The van der Waals surface area contributed by atoms with Crippen LogP contribution in [0.25, 0.3) is 0 Å². The summed E-state index contributed by atoms with van der Waals surface area (Å²) in [5.74, 6) is 1.42. The number of thiophene rings is 1. The van der Waals surface area contributed by atoms with E-state index in [-0.39, 0.29) is 11.9 Å². The maximum Gasteiger partial charge on any atom is 0.256 e. The van der Waals surface area contributed by atoms with Crippen molar-refractivity contribution in [2.24, 2.45) is 0 Å². The molecule has 0 aliphatic carbocycles. The minimum Gasteiger partial charge on any atom is -0.497 e. The summed E-state index contributed by atoms with van der Waals surface area (Å²) in [6.45, 7) is 6.14. The van der Waals surface area contributed by atoms with Crippen LogP contribution in [0.4, 0.5) is 10.8 Å². The Morgan fingerprint density at radius 1 is 0.970 bits per heavy atom. The number of amides is 1. The van der Waals surface area contributed by atoms with Crippen molar-refractivity contribution < 1.29 is 9.53 Å². The smallest absolute Gasteiger partial charge is 0.256 e. The van der Waals surface area contributed by atoms with Gasteiger partial charge in [-0.25, -0.2) is 4.98 Å². The predicted molar refractivity (Wildman–Crippen MR) is 136 cm³/mol. The molecule has 0 radical (unpaired) electrons. The van der Waals surface area contributed by atoms with Crippen molar-refractivity contribution in [3.63, 3.8) is 0 Å². The molecular formula is C27H27N3O2S. The van der Waals surface area contributed by atoms with Crippen LogP contribution in [0.5, 0.6) is 5.75 Å². The van der Waals surface area contributed by atoms with Gasteiger partial charge in [0, 0.05) is 21.7 Å². The molecule has 6 heteroatoms. The molecule has 2 N–H and O–H groups in total. The zero-order valence-corrected chi connectivity index (χ0v) is 20.0. The largest absolute Gasteiger partial charge is 0.497 e. The molecule has 0 saturated heterocycles. The Bertz CT molecular complexity index is 1270. The summed E-state index contributed by atoms with van der Waals surface area (Å²) in [7, 11) is 1.66. The summed E-state index contributed by atoms with van der Waals surface area (Å²) in [4.78, 5) is 18.8. The molecule has 0 unspecified atom stereocenters. The van der Waals surface area contributed by atoms with Crippen LogP contribution in [0.1, 0.15) is 43.7 Å². The number of aromatic nitrogens is 1. The van der Waals surface area contributed by atoms with Gasteiger partial charge < -0.3 is 15.4 Å². The molecule has 33 heavy (non-hydrogen) atoms. The Morgan fingerprint density at radius 2 is 1.73 bits per heavy atom. The molecule has 4 rings (SSSR count). The Balaban J connectivity index is 1.80. The van der Waals surface area contributed by atoms with Gasteiger partial charge >= 0.3 is 0 Å². The van der Waals surface area contributed by atoms with Gasteiger partial charge in [0.05, 0.1) is 13.2 Å². The molecule has 4 aromatic rings. The second-order valence-corrected chi connectivity index (χ2v) is 9.09. The van der Waals surface area contributed by atoms with E-state index in [1.807, 2.05) is 73.7 Å². The summed E-state index contributed by atoms with van der Waals surface area (Å²) in [5, 5.41) is 7.58. The van der Waals surface area contributed by atoms with E-state index < -0.39 is 0 Å². The highest BCUT2D eigenvalue weighted by Gasteiger charge is 2.25. The van der Waals surface area contributed by atoms with Crippen molar-refractivity contribution in [2.45, 2.75) is 26.8 Å². The number of nitrogens with zero attached hydrogens (tertiary/aromatic N) is 1. The van der Waals surface area contributed by atoms with E-state index in [0.29, 0.717) is 5.56 Å². The van der Waals surface area contributed by atoms with Crippen LogP contribution in [0.2, 0.25) is 0 Å². The van der Waals surface area contributed by atoms with Crippen LogP contribution in [0, 0.1) is 20.8 Å². The highest BCUT2D eigenvalue weighted by atomic mass is 32.1. The number of anilines is 2. The highest BCUT2D eigenvalue weighted by molar-refractivity contribution is 7.16. The summed E-state index contributed by atoms with van der Waals surface area (Å²) >= 11 is 1.59. The fourth-order valence-electron chi connectivity index (χ4n) is 3.76. The first-order chi connectivity index (χ1) is 16.0. The molecule has 0 saturated carbocycles. The van der Waals surface area contributed by atoms with E-state index in [9.17, 15) is 4.79 Å². The first kappa shape index (κ1) is 22.6. The quantitative estimate of drug-likeness (QED) is 0.331. The van der Waals surface area contributed by atoms with Crippen molar-refractivity contribution in [2.75, 3.05) is 17.7 Å². The molecule has 5 nitrogen and oxygen atoms in total. The standard InChI is InChI=1S/C27H27N3O2S/c1-17-10-8-15-23(28-17)29-25(21-13-9-14-22(16-21)32-4)24-18(2)19(3)33-27(24)30-26(31)20-11-6-5-7-12-20/h5-16,25H,1-4H3,(H,28,29)(H,30,31)/t25-/m1/s1. The fourth-order valence-corrected chi connectivity index (χ4v) is 4.86. The molecular weight excluding hydrogens is 430 g/mol. The topological polar surface area (TPSA) is 63.2 Å². The maximum absolute atomic E-state index is 13.0. The zero-order valence-electron chi connectivity index (χ0n) is 19.2. The van der Waals surface area contributed by atoms with E-state index in [0.717, 1.165) is 43.8 Å². The number of carbonyl (C=O) groups is 1. The molecule has 0 fully saturated rings. The lowest BCUT2D eigenvalue weighted by atomic mass is 9.96. The number of rotatable bonds is 7. The van der Waals surface area contributed by atoms with Crippen LogP contribution in [0.3, 0.4) is 0 Å². The Hall–Kier alpha value is -3.64. The molecule has 2 aromatic heterocycles. The van der Waals surface area contributed by atoms with Gasteiger partial charge in [0.2, 0.25) is 0 Å². The third-order valence-electron chi connectivity index (χ3n) is 5.59. The number of carbonyl (C=O) groups excluding carboxylic acids is 1. The van der Waals surface area contributed by atoms with Crippen molar-refractivity contribution in [1.29, 1.82) is 0 Å². The number of nitrogens with one attached hydrogen (secondary N) is 2. The van der Waals surface area contributed by atoms with Crippen molar-refractivity contribution in [3.05, 3.63) is 106 Å². The van der Waals surface area contributed by atoms with E-state index in [1.54, 1.807) is 18.4 Å². The minimum absolute atomic E-state index is 0.129. The summed E-state index contributed by atoms with van der Waals surface area (Å²) in [6, 6.07) is 22.9. The lowest BCUT2D eigenvalue weighted by molar-refractivity contribution is 0.102. The zero-order chi connectivity index (χ0) is 23.4. The number of benzene rings is 2. The number of aryl methyl sites for hydroxylation is 2. The normalized spacial score (nSPS) is 11.6. The second kappa shape index (κ2) is 9.88. The van der Waals surface area contributed by atoms with Gasteiger partial charge in [0.1, 0.15) is 16.6 Å². The first-order valence-corrected chi connectivity index (χ1v) is 11.6. The van der Waals surface area contributed by atoms with E-state index in [1.165, 1.54) is 0 Å². The number of hydrogen-bond acceptors (Lipinski definition) is 5. The van der Waals surface area contributed by atoms with Crippen LogP contribution in [-0.2, 0) is 0 Å². The number of pyridine rings is 1. The third-order valence-corrected chi connectivity index (χ3v) is 6.73.